The van der Waals surface area contributed by atoms with Crippen LogP contribution in [0, 0.1) is 0 Å². The van der Waals surface area contributed by atoms with Crippen LogP contribution in [-0.4, -0.2) is 100 Å². The van der Waals surface area contributed by atoms with Gasteiger partial charge in [-0.15, -0.1) is 0 Å². The highest BCUT2D eigenvalue weighted by Crippen LogP contribution is 2.27. The maximum atomic E-state index is 12.5. The van der Waals surface area contributed by atoms with Crippen LogP contribution in [0.25, 0.3) is 10.9 Å². The number of rotatable bonds is 9. The van der Waals surface area contributed by atoms with Crippen LogP contribution in [0.3, 0.4) is 0 Å². The van der Waals surface area contributed by atoms with Gasteiger partial charge in [0.05, 0.1) is 24.9 Å². The topological polar surface area (TPSA) is 129 Å². The molecule has 2 aliphatic rings. The van der Waals surface area contributed by atoms with Crippen molar-refractivity contribution in [3.8, 4) is 0 Å². The fourth-order valence-electron chi connectivity index (χ4n) is 5.20. The SMILES string of the molecule is COCCNC(=O)N1CCN(c2cc(N3CCCC3)nc(Nc3cc4c(cn3)cnn4Cc3cccnc3)n2)CC1. The number of ether oxygens (including phenoxy) is 1. The summed E-state index contributed by atoms with van der Waals surface area (Å²) in [5, 5.41) is 11.8. The molecule has 6 heterocycles. The van der Waals surface area contributed by atoms with Crippen molar-refractivity contribution in [1.29, 1.82) is 0 Å². The average molecular weight is 558 g/mol. The van der Waals surface area contributed by atoms with E-state index >= 15 is 0 Å². The quantitative estimate of drug-likeness (QED) is 0.296. The molecule has 4 aromatic rings. The van der Waals surface area contributed by atoms with Crippen LogP contribution in [0.15, 0.2) is 49.1 Å². The zero-order chi connectivity index (χ0) is 28.0. The average Bonchev–Trinajstić information content (AvgIpc) is 3.69. The molecule has 0 atom stereocenters. The molecule has 2 N–H and O–H groups in total. The molecule has 214 valence electrons. The molecule has 41 heavy (non-hydrogen) atoms. The third-order valence-electron chi connectivity index (χ3n) is 7.42. The molecule has 6 rings (SSSR count). The van der Waals surface area contributed by atoms with Gasteiger partial charge >= 0.3 is 6.03 Å². The van der Waals surface area contributed by atoms with Crippen molar-refractivity contribution in [2.45, 2.75) is 19.4 Å². The van der Waals surface area contributed by atoms with Crippen LogP contribution in [0.4, 0.5) is 28.2 Å². The summed E-state index contributed by atoms with van der Waals surface area (Å²) in [5.74, 6) is 2.88. The number of methoxy groups -OCH3 is 1. The highest BCUT2D eigenvalue weighted by molar-refractivity contribution is 5.81. The molecule has 0 spiro atoms. The highest BCUT2D eigenvalue weighted by Gasteiger charge is 2.24. The van der Waals surface area contributed by atoms with Crippen molar-refractivity contribution >= 4 is 40.3 Å². The summed E-state index contributed by atoms with van der Waals surface area (Å²) in [6.45, 7) is 6.16. The first-order valence-corrected chi connectivity index (χ1v) is 14.0. The van der Waals surface area contributed by atoms with E-state index in [-0.39, 0.29) is 6.03 Å². The Morgan fingerprint density at radius 1 is 0.976 bits per heavy atom. The van der Waals surface area contributed by atoms with Gasteiger partial charge in [0.1, 0.15) is 17.5 Å². The number of piperazine rings is 1. The largest absolute Gasteiger partial charge is 0.383 e. The number of nitrogens with zero attached hydrogens (tertiary/aromatic N) is 9. The van der Waals surface area contributed by atoms with Crippen LogP contribution in [-0.2, 0) is 11.3 Å². The number of hydrogen-bond acceptors (Lipinski definition) is 10. The zero-order valence-electron chi connectivity index (χ0n) is 23.2. The Labute approximate surface area is 238 Å². The van der Waals surface area contributed by atoms with E-state index in [0.29, 0.717) is 57.6 Å². The van der Waals surface area contributed by atoms with Gasteiger partial charge in [-0.3, -0.25) is 9.67 Å². The van der Waals surface area contributed by atoms with E-state index in [4.69, 9.17) is 14.7 Å². The van der Waals surface area contributed by atoms with Gasteiger partial charge in [0.15, 0.2) is 0 Å². The molecule has 0 radical (unpaired) electrons. The number of urea groups is 1. The molecule has 13 heteroatoms. The summed E-state index contributed by atoms with van der Waals surface area (Å²) in [4.78, 5) is 37.4. The van der Waals surface area contributed by atoms with Gasteiger partial charge < -0.3 is 30.1 Å². The van der Waals surface area contributed by atoms with Crippen molar-refractivity contribution in [2.24, 2.45) is 0 Å². The molecule has 0 aromatic carbocycles. The maximum absolute atomic E-state index is 12.5. The smallest absolute Gasteiger partial charge is 0.317 e. The molecule has 0 bridgehead atoms. The van der Waals surface area contributed by atoms with E-state index in [1.165, 1.54) is 0 Å². The van der Waals surface area contributed by atoms with Gasteiger partial charge in [-0.1, -0.05) is 6.07 Å². The number of anilines is 4. The second kappa shape index (κ2) is 12.3. The first kappa shape index (κ1) is 26.7. The van der Waals surface area contributed by atoms with E-state index in [0.717, 1.165) is 54.0 Å². The Hall–Kier alpha value is -4.52. The monoisotopic (exact) mass is 557 g/mol. The normalized spacial score (nSPS) is 15.5. The van der Waals surface area contributed by atoms with Crippen molar-refractivity contribution in [3.63, 3.8) is 0 Å². The van der Waals surface area contributed by atoms with Crippen molar-refractivity contribution in [2.75, 3.05) is 74.6 Å². The summed E-state index contributed by atoms with van der Waals surface area (Å²) in [6.07, 6.45) is 9.55. The van der Waals surface area contributed by atoms with Crippen LogP contribution in [0.1, 0.15) is 18.4 Å². The molecular formula is C28H35N11O2. The van der Waals surface area contributed by atoms with Crippen LogP contribution >= 0.6 is 0 Å². The van der Waals surface area contributed by atoms with E-state index in [1.54, 1.807) is 13.3 Å². The standard InChI is InChI=1S/C28H35N11O2/c1-41-14-7-30-28(40)38-12-10-37(11-13-38)26-16-25(36-8-2-3-9-36)34-27(35-26)33-24-15-23-22(18-31-24)19-32-39(23)20-21-5-4-6-29-17-21/h4-6,15-19H,2-3,7-14,20H2,1H3,(H,30,40)(H,31,33,34,35). The minimum atomic E-state index is -0.0614. The number of nitrogens with one attached hydrogen (secondary N) is 2. The Bertz CT molecular complexity index is 1460. The molecule has 2 fully saturated rings. The molecule has 2 amide bonds. The van der Waals surface area contributed by atoms with Crippen molar-refractivity contribution < 1.29 is 9.53 Å². The third-order valence-corrected chi connectivity index (χ3v) is 7.42. The number of fused-ring (bicyclic) bond motifs is 1. The first-order chi connectivity index (χ1) is 20.2. The number of amides is 2. The predicted octanol–water partition coefficient (Wildman–Crippen LogP) is 2.49. The molecule has 0 saturated carbocycles. The Morgan fingerprint density at radius 2 is 1.76 bits per heavy atom. The molecular weight excluding hydrogens is 522 g/mol. The van der Waals surface area contributed by atoms with Crippen molar-refractivity contribution in [1.82, 2.24) is 39.9 Å². The molecule has 0 aliphatic carbocycles. The van der Waals surface area contributed by atoms with E-state index in [2.05, 4.69) is 41.6 Å². The number of carbonyl (C=O) groups excluding carboxylic acids is 1. The van der Waals surface area contributed by atoms with E-state index < -0.39 is 0 Å². The third kappa shape index (κ3) is 6.30. The zero-order valence-corrected chi connectivity index (χ0v) is 23.2. The molecule has 2 saturated heterocycles. The number of hydrogen-bond donors (Lipinski definition) is 2. The van der Waals surface area contributed by atoms with Crippen LogP contribution < -0.4 is 20.4 Å². The summed E-state index contributed by atoms with van der Waals surface area (Å²) in [7, 11) is 1.62. The van der Waals surface area contributed by atoms with Gasteiger partial charge in [0.2, 0.25) is 5.95 Å². The summed E-state index contributed by atoms with van der Waals surface area (Å²) in [5.41, 5.74) is 2.03. The second-order valence-corrected chi connectivity index (χ2v) is 10.2. The molecule has 13 nitrogen and oxygen atoms in total. The fraction of sp³-hybridized carbons (Fsp3) is 0.429. The summed E-state index contributed by atoms with van der Waals surface area (Å²) < 4.78 is 6.97. The molecule has 0 unspecified atom stereocenters. The molecule has 2 aliphatic heterocycles. The lowest BCUT2D eigenvalue weighted by molar-refractivity contribution is 0.177. The van der Waals surface area contributed by atoms with Crippen LogP contribution in [0.5, 0.6) is 0 Å². The number of pyridine rings is 2. The predicted molar refractivity (Wildman–Crippen MR) is 157 cm³/mol. The van der Waals surface area contributed by atoms with Crippen molar-refractivity contribution in [3.05, 3.63) is 54.6 Å². The fourth-order valence-corrected chi connectivity index (χ4v) is 5.20. The Kier molecular flexibility index (Phi) is 8.03. The highest BCUT2D eigenvalue weighted by atomic mass is 16.5. The lowest BCUT2D eigenvalue weighted by atomic mass is 10.3. The lowest BCUT2D eigenvalue weighted by Crippen LogP contribution is -2.52. The number of aromatic nitrogens is 6. The minimum Gasteiger partial charge on any atom is -0.383 e. The van der Waals surface area contributed by atoms with Crippen LogP contribution in [0.2, 0.25) is 0 Å². The first-order valence-electron chi connectivity index (χ1n) is 14.0. The van der Waals surface area contributed by atoms with E-state index in [1.807, 2.05) is 46.4 Å². The minimum absolute atomic E-state index is 0.0614. The van der Waals surface area contributed by atoms with Gasteiger partial charge in [0, 0.05) is 89.0 Å². The number of carbonyl (C=O) groups is 1. The van der Waals surface area contributed by atoms with Gasteiger partial charge in [-0.25, -0.2) is 9.78 Å². The maximum Gasteiger partial charge on any atom is 0.317 e. The summed E-state index contributed by atoms with van der Waals surface area (Å²) in [6, 6.07) is 7.94. The second-order valence-electron chi connectivity index (χ2n) is 10.2. The van der Waals surface area contributed by atoms with Gasteiger partial charge in [-0.2, -0.15) is 15.1 Å². The molecule has 4 aromatic heterocycles. The Morgan fingerprint density at radius 3 is 2.49 bits per heavy atom. The van der Waals surface area contributed by atoms with Gasteiger partial charge in [-0.05, 0) is 24.5 Å². The van der Waals surface area contributed by atoms with E-state index in [9.17, 15) is 4.79 Å². The summed E-state index contributed by atoms with van der Waals surface area (Å²) >= 11 is 0. The Balaban J connectivity index is 1.21. The van der Waals surface area contributed by atoms with Gasteiger partial charge in [0.25, 0.3) is 0 Å². The lowest BCUT2D eigenvalue weighted by Gasteiger charge is -2.35.